The lowest BCUT2D eigenvalue weighted by molar-refractivity contribution is -0.116. The van der Waals surface area contributed by atoms with Crippen molar-refractivity contribution in [2.24, 2.45) is 0 Å². The quantitative estimate of drug-likeness (QED) is 0.851. The molecule has 0 radical (unpaired) electrons. The number of hydrogen-bond acceptors (Lipinski definition) is 4. The molecule has 2 aromatic rings. The lowest BCUT2D eigenvalue weighted by Gasteiger charge is -2.04. The molecule has 0 fully saturated rings. The second-order valence-corrected chi connectivity index (χ2v) is 4.83. The summed E-state index contributed by atoms with van der Waals surface area (Å²) in [6, 6.07) is 12.2. The van der Waals surface area contributed by atoms with E-state index in [1.807, 2.05) is 18.2 Å². The van der Waals surface area contributed by atoms with Crippen LogP contribution >= 0.6 is 0 Å². The van der Waals surface area contributed by atoms with E-state index in [9.17, 15) is 9.90 Å². The number of fused-ring (bicyclic) bond motifs is 1. The van der Waals surface area contributed by atoms with Crippen LogP contribution in [0.15, 0.2) is 48.5 Å². The first kappa shape index (κ1) is 14.0. The molecule has 0 aliphatic carbocycles. The maximum Gasteiger partial charge on any atom is 0.244 e. The highest BCUT2D eigenvalue weighted by Gasteiger charge is 2.13. The molecule has 5 heteroatoms. The molecule has 5 nitrogen and oxygen atoms in total. The van der Waals surface area contributed by atoms with Gasteiger partial charge in [0.15, 0.2) is 11.5 Å². The predicted octanol–water partition coefficient (Wildman–Crippen LogP) is 2.45. The zero-order valence-corrected chi connectivity index (χ0v) is 11.8. The fraction of sp³-hybridized carbons (Fsp3) is 0.118. The average molecular weight is 297 g/mol. The number of phenolic OH excluding ortho intramolecular Hbond substituents is 1. The molecular weight excluding hydrogens is 282 g/mol. The summed E-state index contributed by atoms with van der Waals surface area (Å²) in [5, 5.41) is 12.0. The fourth-order valence-electron chi connectivity index (χ4n) is 2.06. The third kappa shape index (κ3) is 3.38. The Hall–Kier alpha value is -2.95. The molecule has 112 valence electrons. The van der Waals surface area contributed by atoms with Crippen LogP contribution in [-0.2, 0) is 11.3 Å². The number of carbonyl (C=O) groups excluding carboxylic acids is 1. The third-order valence-electron chi connectivity index (χ3n) is 3.22. The van der Waals surface area contributed by atoms with E-state index in [4.69, 9.17) is 9.47 Å². The third-order valence-corrected chi connectivity index (χ3v) is 3.22. The average Bonchev–Trinajstić information content (AvgIpc) is 3.00. The van der Waals surface area contributed by atoms with Crippen molar-refractivity contribution in [3.05, 3.63) is 59.7 Å². The van der Waals surface area contributed by atoms with Crippen LogP contribution in [0.5, 0.6) is 17.2 Å². The number of nitrogens with one attached hydrogen (secondary N) is 1. The fourth-order valence-corrected chi connectivity index (χ4v) is 2.06. The van der Waals surface area contributed by atoms with Gasteiger partial charge in [-0.15, -0.1) is 0 Å². The molecule has 0 saturated heterocycles. The van der Waals surface area contributed by atoms with Crippen molar-refractivity contribution in [2.75, 3.05) is 6.79 Å². The van der Waals surface area contributed by atoms with Crippen molar-refractivity contribution in [1.29, 1.82) is 0 Å². The van der Waals surface area contributed by atoms with Gasteiger partial charge in [-0.05, 0) is 41.5 Å². The molecule has 1 aliphatic rings. The minimum absolute atomic E-state index is 0.189. The van der Waals surface area contributed by atoms with Crippen LogP contribution < -0.4 is 14.8 Å². The summed E-state index contributed by atoms with van der Waals surface area (Å²) in [5.74, 6) is 1.43. The number of rotatable bonds is 4. The normalized spacial score (nSPS) is 12.5. The Bertz CT molecular complexity index is 707. The van der Waals surface area contributed by atoms with E-state index in [-0.39, 0.29) is 18.4 Å². The van der Waals surface area contributed by atoms with Gasteiger partial charge in [0, 0.05) is 12.6 Å². The van der Waals surface area contributed by atoms with E-state index in [1.165, 1.54) is 6.08 Å². The number of amides is 1. The number of hydrogen-bond donors (Lipinski definition) is 2. The molecular formula is C17H15NO4. The Balaban J connectivity index is 1.55. The second kappa shape index (κ2) is 6.22. The first-order valence-corrected chi connectivity index (χ1v) is 6.84. The minimum Gasteiger partial charge on any atom is -0.508 e. The van der Waals surface area contributed by atoms with Gasteiger partial charge in [-0.2, -0.15) is 0 Å². The maximum atomic E-state index is 11.8. The highest BCUT2D eigenvalue weighted by molar-refractivity contribution is 5.91. The van der Waals surface area contributed by atoms with Crippen LogP contribution in [-0.4, -0.2) is 17.8 Å². The molecule has 0 spiro atoms. The molecule has 1 aliphatic heterocycles. The molecule has 22 heavy (non-hydrogen) atoms. The van der Waals surface area contributed by atoms with Gasteiger partial charge in [0.05, 0.1) is 0 Å². The molecule has 2 aromatic carbocycles. The van der Waals surface area contributed by atoms with E-state index in [1.54, 1.807) is 30.3 Å². The van der Waals surface area contributed by atoms with Crippen LogP contribution in [0.3, 0.4) is 0 Å². The Morgan fingerprint density at radius 3 is 2.73 bits per heavy atom. The Morgan fingerprint density at radius 2 is 1.91 bits per heavy atom. The van der Waals surface area contributed by atoms with Crippen molar-refractivity contribution in [3.63, 3.8) is 0 Å². The summed E-state index contributed by atoms with van der Waals surface area (Å²) in [4.78, 5) is 11.8. The Kier molecular flexibility index (Phi) is 3.96. The van der Waals surface area contributed by atoms with Crippen molar-refractivity contribution in [2.45, 2.75) is 6.54 Å². The van der Waals surface area contributed by atoms with E-state index in [2.05, 4.69) is 5.32 Å². The smallest absolute Gasteiger partial charge is 0.244 e. The monoisotopic (exact) mass is 297 g/mol. The lowest BCUT2D eigenvalue weighted by Crippen LogP contribution is -2.20. The summed E-state index contributed by atoms with van der Waals surface area (Å²) >= 11 is 0. The SMILES string of the molecule is O=C(/C=C/c1ccc(O)cc1)NCc1ccc2c(c1)OCO2. The molecule has 0 unspecified atom stereocenters. The number of aromatic hydroxyl groups is 1. The zero-order valence-electron chi connectivity index (χ0n) is 11.8. The number of phenols is 1. The van der Waals surface area contributed by atoms with Crippen LogP contribution in [0, 0.1) is 0 Å². The van der Waals surface area contributed by atoms with Crippen LogP contribution in [0.4, 0.5) is 0 Å². The topological polar surface area (TPSA) is 67.8 Å². The van der Waals surface area contributed by atoms with E-state index >= 15 is 0 Å². The molecule has 0 atom stereocenters. The van der Waals surface area contributed by atoms with Gasteiger partial charge in [0.2, 0.25) is 12.7 Å². The first-order valence-electron chi connectivity index (χ1n) is 6.84. The molecule has 0 saturated carbocycles. The zero-order chi connectivity index (χ0) is 15.4. The van der Waals surface area contributed by atoms with Gasteiger partial charge in [0.1, 0.15) is 5.75 Å². The van der Waals surface area contributed by atoms with Gasteiger partial charge < -0.3 is 19.9 Å². The van der Waals surface area contributed by atoms with E-state index < -0.39 is 0 Å². The van der Waals surface area contributed by atoms with Gasteiger partial charge in [-0.1, -0.05) is 18.2 Å². The summed E-state index contributed by atoms with van der Waals surface area (Å²) in [6.45, 7) is 0.649. The van der Waals surface area contributed by atoms with Crippen LogP contribution in [0.2, 0.25) is 0 Å². The summed E-state index contributed by atoms with van der Waals surface area (Å²) < 4.78 is 10.5. The first-order chi connectivity index (χ1) is 10.7. The molecule has 3 rings (SSSR count). The maximum absolute atomic E-state index is 11.8. The number of benzene rings is 2. The lowest BCUT2D eigenvalue weighted by atomic mass is 10.2. The van der Waals surface area contributed by atoms with E-state index in [0.717, 1.165) is 16.9 Å². The minimum atomic E-state index is -0.189. The largest absolute Gasteiger partial charge is 0.508 e. The van der Waals surface area contributed by atoms with E-state index in [0.29, 0.717) is 12.3 Å². The van der Waals surface area contributed by atoms with Crippen molar-refractivity contribution in [1.82, 2.24) is 5.32 Å². The number of carbonyl (C=O) groups is 1. The highest BCUT2D eigenvalue weighted by atomic mass is 16.7. The van der Waals surface area contributed by atoms with Crippen molar-refractivity contribution in [3.8, 4) is 17.2 Å². The molecule has 1 heterocycles. The summed E-state index contributed by atoms with van der Waals surface area (Å²) in [5.41, 5.74) is 1.78. The van der Waals surface area contributed by atoms with Gasteiger partial charge >= 0.3 is 0 Å². The second-order valence-electron chi connectivity index (χ2n) is 4.83. The van der Waals surface area contributed by atoms with Gasteiger partial charge in [-0.3, -0.25) is 4.79 Å². The standard InChI is InChI=1S/C17H15NO4/c19-14-5-1-12(2-6-14)4-8-17(20)18-10-13-3-7-15-16(9-13)22-11-21-15/h1-9,19H,10-11H2,(H,18,20)/b8-4+. The highest BCUT2D eigenvalue weighted by Crippen LogP contribution is 2.32. The predicted molar refractivity (Wildman–Crippen MR) is 81.6 cm³/mol. The van der Waals surface area contributed by atoms with Crippen molar-refractivity contribution < 1.29 is 19.4 Å². The number of ether oxygens (including phenoxy) is 2. The Labute approximate surface area is 127 Å². The van der Waals surface area contributed by atoms with Gasteiger partial charge in [-0.25, -0.2) is 0 Å². The summed E-state index contributed by atoms with van der Waals surface area (Å²) in [6.07, 6.45) is 3.15. The van der Waals surface area contributed by atoms with Crippen LogP contribution in [0.1, 0.15) is 11.1 Å². The summed E-state index contributed by atoms with van der Waals surface area (Å²) in [7, 11) is 0. The molecule has 0 aromatic heterocycles. The molecule has 1 amide bonds. The van der Waals surface area contributed by atoms with Gasteiger partial charge in [0.25, 0.3) is 0 Å². The Morgan fingerprint density at radius 1 is 1.14 bits per heavy atom. The van der Waals surface area contributed by atoms with Crippen LogP contribution in [0.25, 0.3) is 6.08 Å². The van der Waals surface area contributed by atoms with Crippen molar-refractivity contribution >= 4 is 12.0 Å². The molecule has 0 bridgehead atoms. The molecule has 2 N–H and O–H groups in total.